The van der Waals surface area contributed by atoms with E-state index in [4.69, 9.17) is 5.73 Å². The fraction of sp³-hybridized carbons (Fsp3) is 1.00. The van der Waals surface area contributed by atoms with Gasteiger partial charge in [-0.15, -0.1) is 0 Å². The van der Waals surface area contributed by atoms with E-state index in [2.05, 4.69) is 39.5 Å². The highest BCUT2D eigenvalue weighted by molar-refractivity contribution is 4.89. The maximum atomic E-state index is 5.94. The topological polar surface area (TPSA) is 29.3 Å². The van der Waals surface area contributed by atoms with Crippen LogP contribution in [0.5, 0.6) is 0 Å². The fourth-order valence-corrected chi connectivity index (χ4v) is 2.21. The van der Waals surface area contributed by atoms with Gasteiger partial charge in [0.2, 0.25) is 0 Å². The van der Waals surface area contributed by atoms with Gasteiger partial charge in [-0.1, -0.05) is 34.6 Å². The molecule has 0 saturated carbocycles. The van der Waals surface area contributed by atoms with Gasteiger partial charge in [0.15, 0.2) is 0 Å². The molecule has 0 aromatic carbocycles. The maximum absolute atomic E-state index is 5.94. The molecule has 0 amide bonds. The van der Waals surface area contributed by atoms with Gasteiger partial charge in [-0.05, 0) is 25.3 Å². The summed E-state index contributed by atoms with van der Waals surface area (Å²) in [6.07, 6.45) is 2.31. The second-order valence-electron chi connectivity index (χ2n) is 4.57. The van der Waals surface area contributed by atoms with Crippen LogP contribution in [0, 0.1) is 5.92 Å². The van der Waals surface area contributed by atoms with E-state index in [1.807, 2.05) is 0 Å². The summed E-state index contributed by atoms with van der Waals surface area (Å²) in [5.74, 6) is 0.721. The molecule has 0 aromatic heterocycles. The minimum Gasteiger partial charge on any atom is -0.329 e. The zero-order valence-electron chi connectivity index (χ0n) is 10.6. The number of hydrogen-bond donors (Lipinski definition) is 1. The van der Waals surface area contributed by atoms with Crippen molar-refractivity contribution in [2.45, 2.75) is 53.0 Å². The van der Waals surface area contributed by atoms with Crippen molar-refractivity contribution in [3.8, 4) is 0 Å². The van der Waals surface area contributed by atoms with Crippen LogP contribution in [0.15, 0.2) is 0 Å². The summed E-state index contributed by atoms with van der Waals surface area (Å²) in [5.41, 5.74) is 6.17. The van der Waals surface area contributed by atoms with E-state index < -0.39 is 0 Å². The number of hydrogen-bond acceptors (Lipinski definition) is 2. The minimum absolute atomic E-state index is 0.235. The van der Waals surface area contributed by atoms with Crippen LogP contribution < -0.4 is 5.73 Å². The molecular formula is C12H28N2. The van der Waals surface area contributed by atoms with Gasteiger partial charge in [0.25, 0.3) is 0 Å². The summed E-state index contributed by atoms with van der Waals surface area (Å²) < 4.78 is 0. The Hall–Kier alpha value is -0.0800. The molecule has 0 unspecified atom stereocenters. The molecule has 0 aromatic rings. The molecule has 86 valence electrons. The lowest BCUT2D eigenvalue weighted by atomic mass is 9.89. The lowest BCUT2D eigenvalue weighted by Gasteiger charge is -2.43. The molecule has 0 bridgehead atoms. The smallest absolute Gasteiger partial charge is 0.0326 e. The molecule has 2 nitrogen and oxygen atoms in total. The molecular weight excluding hydrogens is 172 g/mol. The van der Waals surface area contributed by atoms with Crippen LogP contribution in [0.4, 0.5) is 0 Å². The summed E-state index contributed by atoms with van der Waals surface area (Å²) in [5, 5.41) is 0. The Morgan fingerprint density at radius 2 is 1.64 bits per heavy atom. The molecule has 0 radical (unpaired) electrons. The average Bonchev–Trinajstić information content (AvgIpc) is 2.19. The van der Waals surface area contributed by atoms with E-state index >= 15 is 0 Å². The van der Waals surface area contributed by atoms with Crippen molar-refractivity contribution in [1.82, 2.24) is 4.90 Å². The molecule has 2 heteroatoms. The maximum Gasteiger partial charge on any atom is 0.0326 e. The predicted molar refractivity (Wildman–Crippen MR) is 64.5 cm³/mol. The van der Waals surface area contributed by atoms with Crippen molar-refractivity contribution < 1.29 is 0 Å². The summed E-state index contributed by atoms with van der Waals surface area (Å²) >= 11 is 0. The largest absolute Gasteiger partial charge is 0.329 e. The van der Waals surface area contributed by atoms with Crippen LogP contribution in [-0.4, -0.2) is 30.1 Å². The van der Waals surface area contributed by atoms with Crippen LogP contribution in [0.3, 0.4) is 0 Å². The van der Waals surface area contributed by atoms with E-state index in [0.29, 0.717) is 0 Å². The Balaban J connectivity index is 4.56. The molecule has 0 spiro atoms. The van der Waals surface area contributed by atoms with Gasteiger partial charge < -0.3 is 5.73 Å². The van der Waals surface area contributed by atoms with E-state index in [0.717, 1.165) is 38.4 Å². The van der Waals surface area contributed by atoms with Gasteiger partial charge in [0, 0.05) is 18.6 Å². The highest BCUT2D eigenvalue weighted by Crippen LogP contribution is 2.23. The zero-order chi connectivity index (χ0) is 11.2. The van der Waals surface area contributed by atoms with Crippen molar-refractivity contribution in [3.63, 3.8) is 0 Å². The van der Waals surface area contributed by atoms with Crippen LogP contribution >= 0.6 is 0 Å². The van der Waals surface area contributed by atoms with E-state index in [-0.39, 0.29) is 5.54 Å². The molecule has 0 aliphatic rings. The molecule has 2 N–H and O–H groups in total. The number of likely N-dealkylation sites (N-methyl/N-ethyl adjacent to an activating group) is 1. The van der Waals surface area contributed by atoms with Crippen LogP contribution in [0.25, 0.3) is 0 Å². The third kappa shape index (κ3) is 3.25. The first-order chi connectivity index (χ1) is 6.56. The summed E-state index contributed by atoms with van der Waals surface area (Å²) in [6.45, 7) is 14.3. The van der Waals surface area contributed by atoms with Gasteiger partial charge in [-0.2, -0.15) is 0 Å². The third-order valence-electron chi connectivity index (χ3n) is 3.33. The summed E-state index contributed by atoms with van der Waals surface area (Å²) in [4.78, 5) is 2.55. The Morgan fingerprint density at radius 1 is 1.14 bits per heavy atom. The van der Waals surface area contributed by atoms with Gasteiger partial charge in [-0.3, -0.25) is 4.90 Å². The summed E-state index contributed by atoms with van der Waals surface area (Å²) in [7, 11) is 0. The standard InChI is InChI=1S/C12H28N2/c1-6-12(7-2,10-13)14(8-3)9-11(4)5/h11H,6-10,13H2,1-5H3. The van der Waals surface area contributed by atoms with Crippen molar-refractivity contribution >= 4 is 0 Å². The molecule has 14 heavy (non-hydrogen) atoms. The van der Waals surface area contributed by atoms with Crippen LogP contribution in [-0.2, 0) is 0 Å². The summed E-state index contributed by atoms with van der Waals surface area (Å²) in [6, 6.07) is 0. The third-order valence-corrected chi connectivity index (χ3v) is 3.33. The first kappa shape index (κ1) is 13.9. The second kappa shape index (κ2) is 6.41. The van der Waals surface area contributed by atoms with Crippen LogP contribution in [0.1, 0.15) is 47.5 Å². The van der Waals surface area contributed by atoms with Gasteiger partial charge in [0.05, 0.1) is 0 Å². The van der Waals surface area contributed by atoms with Gasteiger partial charge in [-0.25, -0.2) is 0 Å². The highest BCUT2D eigenvalue weighted by Gasteiger charge is 2.30. The zero-order valence-corrected chi connectivity index (χ0v) is 10.6. The Labute approximate surface area is 89.9 Å². The van der Waals surface area contributed by atoms with Gasteiger partial charge >= 0.3 is 0 Å². The highest BCUT2D eigenvalue weighted by atomic mass is 15.2. The molecule has 0 rings (SSSR count). The van der Waals surface area contributed by atoms with Crippen molar-refractivity contribution in [1.29, 1.82) is 0 Å². The van der Waals surface area contributed by atoms with Crippen molar-refractivity contribution in [2.24, 2.45) is 11.7 Å². The van der Waals surface area contributed by atoms with Crippen molar-refractivity contribution in [2.75, 3.05) is 19.6 Å². The monoisotopic (exact) mass is 200 g/mol. The first-order valence-corrected chi connectivity index (χ1v) is 6.01. The normalized spacial score (nSPS) is 12.9. The molecule has 0 aliphatic heterocycles. The number of nitrogens with zero attached hydrogens (tertiary/aromatic N) is 1. The fourth-order valence-electron chi connectivity index (χ4n) is 2.21. The predicted octanol–water partition coefficient (Wildman–Crippen LogP) is 2.48. The molecule has 0 atom stereocenters. The van der Waals surface area contributed by atoms with E-state index in [1.165, 1.54) is 0 Å². The van der Waals surface area contributed by atoms with E-state index in [1.54, 1.807) is 0 Å². The van der Waals surface area contributed by atoms with Crippen molar-refractivity contribution in [3.05, 3.63) is 0 Å². The van der Waals surface area contributed by atoms with Crippen LogP contribution in [0.2, 0.25) is 0 Å². The Morgan fingerprint density at radius 3 is 1.86 bits per heavy atom. The molecule has 0 fully saturated rings. The number of nitrogens with two attached hydrogens (primary N) is 1. The van der Waals surface area contributed by atoms with Gasteiger partial charge in [0.1, 0.15) is 0 Å². The second-order valence-corrected chi connectivity index (χ2v) is 4.57. The number of rotatable bonds is 7. The molecule has 0 heterocycles. The molecule has 0 aliphatic carbocycles. The quantitative estimate of drug-likeness (QED) is 0.684. The lowest BCUT2D eigenvalue weighted by molar-refractivity contribution is 0.0782. The first-order valence-electron chi connectivity index (χ1n) is 6.01. The minimum atomic E-state index is 0.235. The Bertz CT molecular complexity index is 131. The lowest BCUT2D eigenvalue weighted by Crippen LogP contribution is -2.54. The Kier molecular flexibility index (Phi) is 6.38. The average molecular weight is 200 g/mol. The SMILES string of the molecule is CCN(CC(C)C)C(CC)(CC)CN. The van der Waals surface area contributed by atoms with E-state index in [9.17, 15) is 0 Å². The molecule has 0 saturated heterocycles.